The quantitative estimate of drug-likeness (QED) is 0.786. The molecule has 26 heavy (non-hydrogen) atoms. The van der Waals surface area contributed by atoms with Gasteiger partial charge in [-0.3, -0.25) is 4.79 Å². The Hall–Kier alpha value is -1.16. The number of halogens is 1. The summed E-state index contributed by atoms with van der Waals surface area (Å²) in [6.45, 7) is 8.70. The van der Waals surface area contributed by atoms with Crippen LogP contribution >= 0.6 is 12.4 Å². The highest BCUT2D eigenvalue weighted by Crippen LogP contribution is 2.24. The molecule has 2 N–H and O–H groups in total. The fraction of sp³-hybridized carbons (Fsp3) is 0.750. The molecule has 1 aliphatic heterocycles. The Labute approximate surface area is 161 Å². The Balaban J connectivity index is 0.00000338. The molecule has 8 nitrogen and oxygen atoms in total. The molecular weight excluding hydrogens is 380 g/mol. The molecule has 1 aromatic rings. The molecule has 1 aliphatic rings. The van der Waals surface area contributed by atoms with Crippen LogP contribution in [0.4, 0.5) is 0 Å². The van der Waals surface area contributed by atoms with Crippen LogP contribution in [0.25, 0.3) is 0 Å². The van der Waals surface area contributed by atoms with Gasteiger partial charge in [0.2, 0.25) is 15.9 Å². The van der Waals surface area contributed by atoms with Gasteiger partial charge in [0.25, 0.3) is 0 Å². The van der Waals surface area contributed by atoms with Crippen molar-refractivity contribution in [2.45, 2.75) is 51.5 Å². The van der Waals surface area contributed by atoms with Crippen LogP contribution in [0.3, 0.4) is 0 Å². The zero-order valence-corrected chi connectivity index (χ0v) is 17.4. The van der Waals surface area contributed by atoms with Gasteiger partial charge in [-0.05, 0) is 32.6 Å². The zero-order valence-electron chi connectivity index (χ0n) is 15.8. The number of hydrogen-bond acceptors (Lipinski definition) is 6. The Kier molecular flexibility index (Phi) is 8.06. The van der Waals surface area contributed by atoms with Gasteiger partial charge in [0.05, 0.1) is 6.04 Å². The summed E-state index contributed by atoms with van der Waals surface area (Å²) >= 11 is 0. The smallest absolute Gasteiger partial charge is 0.248 e. The molecule has 0 unspecified atom stereocenters. The van der Waals surface area contributed by atoms with Crippen molar-refractivity contribution in [1.82, 2.24) is 14.4 Å². The van der Waals surface area contributed by atoms with Crippen molar-refractivity contribution in [3.05, 3.63) is 11.5 Å². The topological polar surface area (TPSA) is 110 Å². The van der Waals surface area contributed by atoms with E-state index in [1.165, 1.54) is 4.31 Å². The number of nitrogens with zero attached hydrogens (tertiary/aromatic N) is 3. The number of carbonyl (C=O) groups excluding carboxylic acids is 1. The minimum atomic E-state index is -3.68. The van der Waals surface area contributed by atoms with Crippen molar-refractivity contribution in [3.63, 3.8) is 0 Å². The number of amides is 1. The van der Waals surface area contributed by atoms with Gasteiger partial charge in [0, 0.05) is 26.2 Å². The molecule has 0 aliphatic carbocycles. The lowest BCUT2D eigenvalue weighted by Crippen LogP contribution is -2.46. The van der Waals surface area contributed by atoms with E-state index in [9.17, 15) is 13.2 Å². The number of aromatic nitrogens is 1. The van der Waals surface area contributed by atoms with Gasteiger partial charge in [-0.2, -0.15) is 4.31 Å². The lowest BCUT2D eigenvalue weighted by molar-refractivity contribution is -0.132. The predicted octanol–water partition coefficient (Wildman–Crippen LogP) is 1.31. The fourth-order valence-corrected chi connectivity index (χ4v) is 4.93. The Bertz CT molecular complexity index is 700. The first-order valence-electron chi connectivity index (χ1n) is 8.62. The molecule has 2 rings (SSSR count). The highest BCUT2D eigenvalue weighted by atomic mass is 35.5. The number of aryl methyl sites for hydroxylation is 2. The Morgan fingerprint density at radius 1 is 1.23 bits per heavy atom. The summed E-state index contributed by atoms with van der Waals surface area (Å²) in [5.74, 6) is 0.515. The van der Waals surface area contributed by atoms with Crippen molar-refractivity contribution in [1.29, 1.82) is 0 Å². The number of sulfonamides is 1. The molecule has 0 radical (unpaired) electrons. The normalized spacial score (nSPS) is 17.7. The van der Waals surface area contributed by atoms with Gasteiger partial charge in [0.1, 0.15) is 10.6 Å². The maximum atomic E-state index is 12.9. The molecule has 0 bridgehead atoms. The van der Waals surface area contributed by atoms with E-state index in [1.54, 1.807) is 18.7 Å². The van der Waals surface area contributed by atoms with E-state index in [0.717, 1.165) is 0 Å². The van der Waals surface area contributed by atoms with Crippen molar-refractivity contribution >= 4 is 28.3 Å². The lowest BCUT2D eigenvalue weighted by atomic mass is 10.0. The van der Waals surface area contributed by atoms with Gasteiger partial charge in [-0.1, -0.05) is 19.0 Å². The molecule has 150 valence electrons. The molecule has 0 aromatic carbocycles. The fourth-order valence-electron chi connectivity index (χ4n) is 3.17. The molecule has 1 atom stereocenters. The first-order chi connectivity index (χ1) is 11.6. The minimum Gasteiger partial charge on any atom is -0.360 e. The summed E-state index contributed by atoms with van der Waals surface area (Å²) < 4.78 is 32.2. The summed E-state index contributed by atoms with van der Waals surface area (Å²) in [4.78, 5) is 14.3. The van der Waals surface area contributed by atoms with Crippen LogP contribution < -0.4 is 5.73 Å². The first kappa shape index (κ1) is 22.9. The average molecular weight is 409 g/mol. The zero-order chi connectivity index (χ0) is 18.8. The molecule has 10 heteroatoms. The summed E-state index contributed by atoms with van der Waals surface area (Å²) in [5.41, 5.74) is 6.35. The predicted molar refractivity (Wildman–Crippen MR) is 101 cm³/mol. The average Bonchev–Trinajstić information content (AvgIpc) is 2.74. The highest BCUT2D eigenvalue weighted by molar-refractivity contribution is 7.89. The summed E-state index contributed by atoms with van der Waals surface area (Å²) in [7, 11) is -3.68. The molecule has 2 heterocycles. The summed E-state index contributed by atoms with van der Waals surface area (Å²) in [6.07, 6.45) is 1.19. The van der Waals surface area contributed by atoms with E-state index in [4.69, 9.17) is 10.3 Å². The number of carbonyl (C=O) groups is 1. The molecule has 1 saturated heterocycles. The summed E-state index contributed by atoms with van der Waals surface area (Å²) in [5, 5.41) is 3.73. The third-order valence-electron chi connectivity index (χ3n) is 4.37. The lowest BCUT2D eigenvalue weighted by Gasteiger charge is -2.25. The SMILES string of the molecule is Cc1noc(C)c1S(=O)(=O)N1CCCN(C(=O)[C@@H](N)CC(C)C)CC1.Cl. The second-order valence-corrected chi connectivity index (χ2v) is 8.85. The van der Waals surface area contributed by atoms with Crippen LogP contribution in [-0.2, 0) is 14.8 Å². The first-order valence-corrected chi connectivity index (χ1v) is 10.1. The molecule has 0 spiro atoms. The van der Waals surface area contributed by atoms with Gasteiger partial charge >= 0.3 is 0 Å². The van der Waals surface area contributed by atoms with Crippen molar-refractivity contribution < 1.29 is 17.7 Å². The van der Waals surface area contributed by atoms with E-state index in [1.807, 2.05) is 13.8 Å². The van der Waals surface area contributed by atoms with Gasteiger partial charge in [-0.25, -0.2) is 8.42 Å². The molecule has 1 fully saturated rings. The van der Waals surface area contributed by atoms with E-state index >= 15 is 0 Å². The van der Waals surface area contributed by atoms with Crippen LogP contribution in [0.5, 0.6) is 0 Å². The van der Waals surface area contributed by atoms with Crippen LogP contribution in [-0.4, -0.2) is 60.9 Å². The second kappa shape index (κ2) is 9.16. The second-order valence-electron chi connectivity index (χ2n) is 6.97. The third kappa shape index (κ3) is 4.97. The standard InChI is InChI=1S/C16H28N4O4S.ClH/c1-11(2)10-14(17)16(21)19-6-5-7-20(9-8-19)25(22,23)15-12(3)18-24-13(15)4;/h11,14H,5-10,17H2,1-4H3;1H/t14-;/m0./s1. The van der Waals surface area contributed by atoms with E-state index in [0.29, 0.717) is 44.1 Å². The van der Waals surface area contributed by atoms with Crippen molar-refractivity contribution in [2.24, 2.45) is 11.7 Å². The molecule has 1 amide bonds. The Morgan fingerprint density at radius 2 is 1.88 bits per heavy atom. The third-order valence-corrected chi connectivity index (χ3v) is 6.52. The van der Waals surface area contributed by atoms with Crippen molar-refractivity contribution in [3.8, 4) is 0 Å². The van der Waals surface area contributed by atoms with Crippen LogP contribution in [0.1, 0.15) is 38.1 Å². The molecular formula is C16H29ClN4O4S. The van der Waals surface area contributed by atoms with Crippen LogP contribution in [0.2, 0.25) is 0 Å². The van der Waals surface area contributed by atoms with Gasteiger partial charge in [-0.15, -0.1) is 12.4 Å². The minimum absolute atomic E-state index is 0. The number of hydrogen-bond donors (Lipinski definition) is 1. The molecule has 1 aromatic heterocycles. The molecule has 0 saturated carbocycles. The maximum Gasteiger partial charge on any atom is 0.248 e. The Morgan fingerprint density at radius 3 is 2.42 bits per heavy atom. The van der Waals surface area contributed by atoms with Crippen LogP contribution in [0, 0.1) is 19.8 Å². The largest absolute Gasteiger partial charge is 0.360 e. The highest BCUT2D eigenvalue weighted by Gasteiger charge is 2.33. The summed E-state index contributed by atoms with van der Waals surface area (Å²) in [6, 6.07) is -0.536. The van der Waals surface area contributed by atoms with Gasteiger partial charge in [0.15, 0.2) is 5.76 Å². The van der Waals surface area contributed by atoms with E-state index < -0.39 is 16.1 Å². The van der Waals surface area contributed by atoms with Crippen LogP contribution in [0.15, 0.2) is 9.42 Å². The van der Waals surface area contributed by atoms with E-state index in [-0.39, 0.29) is 35.5 Å². The maximum absolute atomic E-state index is 12.9. The van der Waals surface area contributed by atoms with Crippen molar-refractivity contribution in [2.75, 3.05) is 26.2 Å². The van der Waals surface area contributed by atoms with E-state index in [2.05, 4.69) is 5.16 Å². The number of rotatable bonds is 5. The monoisotopic (exact) mass is 408 g/mol. The van der Waals surface area contributed by atoms with Gasteiger partial charge < -0.3 is 15.2 Å². The number of nitrogens with two attached hydrogens (primary N) is 1.